The molecule has 7 heteroatoms. The summed E-state index contributed by atoms with van der Waals surface area (Å²) in [6, 6.07) is 7.82. The highest BCUT2D eigenvalue weighted by molar-refractivity contribution is 7.89. The Balaban J connectivity index is 2.49. The number of nitrogens with zero attached hydrogens (tertiary/aromatic N) is 3. The molecule has 0 unspecified atom stereocenters. The molecule has 2 N–H and O–H groups in total. The zero-order chi connectivity index (χ0) is 14.9. The van der Waals surface area contributed by atoms with Crippen LogP contribution in [0.15, 0.2) is 29.4 Å². The second-order valence-corrected chi connectivity index (χ2v) is 6.47. The molecule has 1 heterocycles. The van der Waals surface area contributed by atoms with Crippen LogP contribution in [0.25, 0.3) is 0 Å². The molecule has 0 aliphatic rings. The van der Waals surface area contributed by atoms with Gasteiger partial charge in [0.05, 0.1) is 0 Å². The van der Waals surface area contributed by atoms with E-state index in [1.807, 2.05) is 45.0 Å². The Morgan fingerprint density at radius 1 is 1.25 bits per heavy atom. The zero-order valence-corrected chi connectivity index (χ0v) is 12.6. The first-order chi connectivity index (χ1) is 9.30. The SMILES string of the molecule is Cc1ccccc1Cc1nnc(S(N)(=O)=O)n1C(C)C. The first-order valence-electron chi connectivity index (χ1n) is 6.31. The maximum atomic E-state index is 11.5. The summed E-state index contributed by atoms with van der Waals surface area (Å²) >= 11 is 0. The molecule has 0 aliphatic heterocycles. The minimum absolute atomic E-state index is 0.0858. The van der Waals surface area contributed by atoms with Gasteiger partial charge in [-0.15, -0.1) is 10.2 Å². The molecule has 20 heavy (non-hydrogen) atoms. The molecular formula is C13H18N4O2S. The molecule has 2 rings (SSSR count). The first kappa shape index (κ1) is 14.7. The third kappa shape index (κ3) is 2.88. The topological polar surface area (TPSA) is 90.9 Å². The van der Waals surface area contributed by atoms with Crippen molar-refractivity contribution in [3.05, 3.63) is 41.2 Å². The van der Waals surface area contributed by atoms with Crippen LogP contribution in [0.5, 0.6) is 0 Å². The van der Waals surface area contributed by atoms with Crippen LogP contribution >= 0.6 is 0 Å². The molecule has 0 amide bonds. The van der Waals surface area contributed by atoms with E-state index in [9.17, 15) is 8.42 Å². The van der Waals surface area contributed by atoms with Crippen molar-refractivity contribution in [2.75, 3.05) is 0 Å². The van der Waals surface area contributed by atoms with E-state index in [2.05, 4.69) is 10.2 Å². The number of rotatable bonds is 4. The van der Waals surface area contributed by atoms with Crippen molar-refractivity contribution in [3.63, 3.8) is 0 Å². The van der Waals surface area contributed by atoms with Crippen molar-refractivity contribution in [1.29, 1.82) is 0 Å². The fourth-order valence-corrected chi connectivity index (χ4v) is 2.86. The minimum atomic E-state index is -3.87. The van der Waals surface area contributed by atoms with Crippen LogP contribution in [0.3, 0.4) is 0 Å². The lowest BCUT2D eigenvalue weighted by Crippen LogP contribution is -2.20. The summed E-state index contributed by atoms with van der Waals surface area (Å²) < 4.78 is 24.7. The van der Waals surface area contributed by atoms with Gasteiger partial charge >= 0.3 is 0 Å². The average molecular weight is 294 g/mol. The van der Waals surface area contributed by atoms with Crippen molar-refractivity contribution in [3.8, 4) is 0 Å². The summed E-state index contributed by atoms with van der Waals surface area (Å²) in [7, 11) is -3.87. The van der Waals surface area contributed by atoms with Gasteiger partial charge in [-0.3, -0.25) is 4.57 Å². The van der Waals surface area contributed by atoms with Crippen LogP contribution in [0.2, 0.25) is 0 Å². The molecule has 0 spiro atoms. The van der Waals surface area contributed by atoms with Gasteiger partial charge in [-0.05, 0) is 31.9 Å². The monoisotopic (exact) mass is 294 g/mol. The number of aryl methyl sites for hydroxylation is 1. The van der Waals surface area contributed by atoms with E-state index in [1.165, 1.54) is 0 Å². The van der Waals surface area contributed by atoms with Crippen LogP contribution in [-0.2, 0) is 16.4 Å². The van der Waals surface area contributed by atoms with Crippen LogP contribution in [0, 0.1) is 6.92 Å². The van der Waals surface area contributed by atoms with Gasteiger partial charge in [0.25, 0.3) is 15.2 Å². The molecule has 0 atom stereocenters. The normalized spacial score (nSPS) is 12.1. The highest BCUT2D eigenvalue weighted by Crippen LogP contribution is 2.19. The summed E-state index contributed by atoms with van der Waals surface area (Å²) in [5, 5.41) is 12.7. The lowest BCUT2D eigenvalue weighted by Gasteiger charge is -2.13. The highest BCUT2D eigenvalue weighted by atomic mass is 32.2. The summed E-state index contributed by atoms with van der Waals surface area (Å²) in [4.78, 5) is 0. The fourth-order valence-electron chi connectivity index (χ4n) is 2.12. The number of aromatic nitrogens is 3. The van der Waals surface area contributed by atoms with Gasteiger partial charge in [-0.25, -0.2) is 13.6 Å². The molecule has 0 saturated carbocycles. The molecule has 0 bridgehead atoms. The van der Waals surface area contributed by atoms with E-state index in [0.717, 1.165) is 11.1 Å². The molecule has 2 aromatic rings. The maximum absolute atomic E-state index is 11.5. The van der Waals surface area contributed by atoms with Crippen molar-refractivity contribution in [1.82, 2.24) is 14.8 Å². The van der Waals surface area contributed by atoms with Crippen molar-refractivity contribution in [2.45, 2.75) is 38.4 Å². The minimum Gasteiger partial charge on any atom is -0.298 e. The Morgan fingerprint density at radius 2 is 1.90 bits per heavy atom. The largest absolute Gasteiger partial charge is 0.298 e. The molecule has 1 aromatic heterocycles. The molecular weight excluding hydrogens is 276 g/mol. The summed E-state index contributed by atoms with van der Waals surface area (Å²) in [6.45, 7) is 5.75. The predicted octanol–water partition coefficient (Wildman–Crippen LogP) is 1.41. The Kier molecular flexibility index (Phi) is 3.92. The van der Waals surface area contributed by atoms with E-state index in [0.29, 0.717) is 12.2 Å². The fraction of sp³-hybridized carbons (Fsp3) is 0.385. The molecule has 6 nitrogen and oxygen atoms in total. The second kappa shape index (κ2) is 5.34. The van der Waals surface area contributed by atoms with Gasteiger partial charge in [-0.1, -0.05) is 24.3 Å². The third-order valence-electron chi connectivity index (χ3n) is 3.12. The third-order valence-corrected chi connectivity index (χ3v) is 3.90. The number of hydrogen-bond acceptors (Lipinski definition) is 4. The molecule has 108 valence electrons. The summed E-state index contributed by atoms with van der Waals surface area (Å²) in [5.41, 5.74) is 2.21. The molecule has 0 saturated heterocycles. The number of hydrogen-bond donors (Lipinski definition) is 1. The number of sulfonamides is 1. The van der Waals surface area contributed by atoms with E-state index < -0.39 is 10.0 Å². The molecule has 1 aromatic carbocycles. The molecule has 0 radical (unpaired) electrons. The Hall–Kier alpha value is -1.73. The van der Waals surface area contributed by atoms with Gasteiger partial charge < -0.3 is 0 Å². The predicted molar refractivity (Wildman–Crippen MR) is 75.8 cm³/mol. The van der Waals surface area contributed by atoms with Gasteiger partial charge in [0.15, 0.2) is 0 Å². The van der Waals surface area contributed by atoms with E-state index in [4.69, 9.17) is 5.14 Å². The smallest absolute Gasteiger partial charge is 0.273 e. The standard InChI is InChI=1S/C13H18N4O2S/c1-9(2)17-12(15-16-13(17)20(14,18)19)8-11-7-5-4-6-10(11)3/h4-7,9H,8H2,1-3H3,(H2,14,18,19). The van der Waals surface area contributed by atoms with Crippen LogP contribution < -0.4 is 5.14 Å². The van der Waals surface area contributed by atoms with Gasteiger partial charge in [0, 0.05) is 12.5 Å². The number of benzene rings is 1. The Bertz CT molecular complexity index is 720. The zero-order valence-electron chi connectivity index (χ0n) is 11.7. The second-order valence-electron chi connectivity index (χ2n) is 5.01. The van der Waals surface area contributed by atoms with Crippen LogP contribution in [-0.4, -0.2) is 23.2 Å². The quantitative estimate of drug-likeness (QED) is 0.923. The number of nitrogens with two attached hydrogens (primary N) is 1. The van der Waals surface area contributed by atoms with Crippen LogP contribution in [0.4, 0.5) is 0 Å². The number of primary sulfonamides is 1. The van der Waals surface area contributed by atoms with Gasteiger partial charge in [0.2, 0.25) is 0 Å². The highest BCUT2D eigenvalue weighted by Gasteiger charge is 2.23. The summed E-state index contributed by atoms with van der Waals surface area (Å²) in [5.74, 6) is 0.596. The Labute approximate surface area is 118 Å². The lowest BCUT2D eigenvalue weighted by atomic mass is 10.1. The average Bonchev–Trinajstić information content (AvgIpc) is 2.75. The van der Waals surface area contributed by atoms with Crippen molar-refractivity contribution >= 4 is 10.0 Å². The molecule has 0 fully saturated rings. The molecule has 0 aliphatic carbocycles. The Morgan fingerprint density at radius 3 is 2.45 bits per heavy atom. The first-order valence-corrected chi connectivity index (χ1v) is 7.86. The maximum Gasteiger partial charge on any atom is 0.273 e. The van der Waals surface area contributed by atoms with Crippen molar-refractivity contribution in [2.24, 2.45) is 5.14 Å². The van der Waals surface area contributed by atoms with Gasteiger partial charge in [-0.2, -0.15) is 0 Å². The summed E-state index contributed by atoms with van der Waals surface area (Å²) in [6.07, 6.45) is 0.521. The van der Waals surface area contributed by atoms with Crippen LogP contribution in [0.1, 0.15) is 36.8 Å². The van der Waals surface area contributed by atoms with Gasteiger partial charge in [0.1, 0.15) is 5.82 Å². The lowest BCUT2D eigenvalue weighted by molar-refractivity contribution is 0.507. The van der Waals surface area contributed by atoms with E-state index in [-0.39, 0.29) is 11.2 Å². The van der Waals surface area contributed by atoms with E-state index in [1.54, 1.807) is 4.57 Å². The van der Waals surface area contributed by atoms with E-state index >= 15 is 0 Å². The van der Waals surface area contributed by atoms with Crippen molar-refractivity contribution < 1.29 is 8.42 Å².